The number of nitrogens with one attached hydrogen (secondary N) is 1. The molecule has 1 unspecified atom stereocenters. The van der Waals surface area contributed by atoms with Crippen LogP contribution in [0.2, 0.25) is 0 Å². The zero-order valence-corrected chi connectivity index (χ0v) is 12.1. The van der Waals surface area contributed by atoms with Crippen LogP contribution in [0.25, 0.3) is 0 Å². The highest BCUT2D eigenvalue weighted by atomic mass is 32.1. The molecule has 0 radical (unpaired) electrons. The van der Waals surface area contributed by atoms with Crippen molar-refractivity contribution in [2.45, 2.75) is 26.3 Å². The van der Waals surface area contributed by atoms with E-state index in [1.54, 1.807) is 7.11 Å². The van der Waals surface area contributed by atoms with Crippen molar-refractivity contribution >= 4 is 11.5 Å². The van der Waals surface area contributed by atoms with Gasteiger partial charge in [0.15, 0.2) is 0 Å². The minimum absolute atomic E-state index is 0.148. The zero-order chi connectivity index (χ0) is 13.8. The molecule has 0 aliphatic heterocycles. The summed E-state index contributed by atoms with van der Waals surface area (Å²) in [6, 6.07) is 5.89. The van der Waals surface area contributed by atoms with Crippen molar-refractivity contribution in [2.75, 3.05) is 7.11 Å². The molecule has 1 atom stereocenters. The number of aromatic nitrogens is 2. The molecule has 3 N–H and O–H groups in total. The smallest absolute Gasteiger partial charge is 0.124 e. The Balaban J connectivity index is 2.50. The van der Waals surface area contributed by atoms with E-state index in [1.807, 2.05) is 19.1 Å². The molecular weight excluding hydrogens is 260 g/mol. The molecule has 1 aromatic carbocycles. The first kappa shape index (κ1) is 13.9. The minimum atomic E-state index is -0.148. The molecule has 1 heterocycles. The van der Waals surface area contributed by atoms with Crippen molar-refractivity contribution < 1.29 is 4.74 Å². The molecule has 0 saturated heterocycles. The third-order valence-corrected chi connectivity index (χ3v) is 3.88. The summed E-state index contributed by atoms with van der Waals surface area (Å²) in [6.07, 6.45) is 0.831. The molecule has 2 rings (SSSR count). The summed E-state index contributed by atoms with van der Waals surface area (Å²) in [6.45, 7) is 4.10. The van der Waals surface area contributed by atoms with E-state index >= 15 is 0 Å². The highest BCUT2D eigenvalue weighted by Gasteiger charge is 2.22. The third kappa shape index (κ3) is 2.75. The van der Waals surface area contributed by atoms with Crippen LogP contribution in [-0.4, -0.2) is 16.7 Å². The van der Waals surface area contributed by atoms with E-state index < -0.39 is 0 Å². The molecule has 2 aromatic rings. The van der Waals surface area contributed by atoms with Gasteiger partial charge in [0.1, 0.15) is 5.75 Å². The van der Waals surface area contributed by atoms with Crippen molar-refractivity contribution in [3.63, 3.8) is 0 Å². The number of aryl methyl sites for hydroxylation is 2. The van der Waals surface area contributed by atoms with Gasteiger partial charge in [-0.25, -0.2) is 5.43 Å². The van der Waals surface area contributed by atoms with E-state index in [0.29, 0.717) is 0 Å². The summed E-state index contributed by atoms with van der Waals surface area (Å²) in [5.74, 6) is 6.55. The zero-order valence-electron chi connectivity index (χ0n) is 11.3. The fourth-order valence-electron chi connectivity index (χ4n) is 2.07. The summed E-state index contributed by atoms with van der Waals surface area (Å²) in [4.78, 5) is 1.04. The normalized spacial score (nSPS) is 12.4. The molecule has 1 aromatic heterocycles. The number of hydrogen-bond acceptors (Lipinski definition) is 6. The van der Waals surface area contributed by atoms with Crippen molar-refractivity contribution in [3.8, 4) is 5.75 Å². The largest absolute Gasteiger partial charge is 0.496 e. The van der Waals surface area contributed by atoms with Gasteiger partial charge < -0.3 is 4.74 Å². The first-order valence-electron chi connectivity index (χ1n) is 6.13. The highest BCUT2D eigenvalue weighted by molar-refractivity contribution is 7.05. The number of rotatable bonds is 5. The molecule has 19 heavy (non-hydrogen) atoms. The topological polar surface area (TPSA) is 73.1 Å². The van der Waals surface area contributed by atoms with Gasteiger partial charge in [-0.3, -0.25) is 5.84 Å². The van der Waals surface area contributed by atoms with Gasteiger partial charge in [-0.05, 0) is 30.9 Å². The number of nitrogens with zero attached hydrogens (tertiary/aromatic N) is 2. The second-order valence-electron chi connectivity index (χ2n) is 4.28. The molecule has 102 valence electrons. The summed E-state index contributed by atoms with van der Waals surface area (Å²) in [5.41, 5.74) is 5.98. The van der Waals surface area contributed by atoms with Crippen LogP contribution in [0.3, 0.4) is 0 Å². The quantitative estimate of drug-likeness (QED) is 0.646. The van der Waals surface area contributed by atoms with Crippen LogP contribution in [0.5, 0.6) is 5.75 Å². The predicted molar refractivity (Wildman–Crippen MR) is 76.2 cm³/mol. The van der Waals surface area contributed by atoms with Gasteiger partial charge in [-0.2, -0.15) is 0 Å². The second kappa shape index (κ2) is 6.10. The van der Waals surface area contributed by atoms with Gasteiger partial charge in [0, 0.05) is 5.56 Å². The van der Waals surface area contributed by atoms with Crippen LogP contribution in [0.4, 0.5) is 0 Å². The first-order valence-corrected chi connectivity index (χ1v) is 6.90. The van der Waals surface area contributed by atoms with Crippen molar-refractivity contribution in [1.82, 2.24) is 15.0 Å². The van der Waals surface area contributed by atoms with E-state index in [1.165, 1.54) is 11.5 Å². The van der Waals surface area contributed by atoms with Crippen molar-refractivity contribution in [2.24, 2.45) is 5.84 Å². The van der Waals surface area contributed by atoms with E-state index in [2.05, 4.69) is 28.0 Å². The predicted octanol–water partition coefficient (Wildman–Crippen LogP) is 1.97. The number of benzene rings is 1. The van der Waals surface area contributed by atoms with Gasteiger partial charge in [-0.15, -0.1) is 5.10 Å². The molecule has 0 amide bonds. The number of methoxy groups -OCH3 is 1. The Morgan fingerprint density at radius 2 is 2.26 bits per heavy atom. The van der Waals surface area contributed by atoms with Gasteiger partial charge in [0.05, 0.1) is 23.7 Å². The molecule has 0 aliphatic rings. The van der Waals surface area contributed by atoms with E-state index in [9.17, 15) is 0 Å². The summed E-state index contributed by atoms with van der Waals surface area (Å²) >= 11 is 1.37. The lowest BCUT2D eigenvalue weighted by Gasteiger charge is -2.18. The van der Waals surface area contributed by atoms with Crippen LogP contribution in [0.15, 0.2) is 18.2 Å². The molecule has 0 bridgehead atoms. The fourth-order valence-corrected chi connectivity index (χ4v) is 2.88. The molecule has 5 nitrogen and oxygen atoms in total. The lowest BCUT2D eigenvalue weighted by atomic mass is 10.0. The summed E-state index contributed by atoms with van der Waals surface area (Å²) in [5, 5.41) is 4.14. The Morgan fingerprint density at radius 1 is 1.47 bits per heavy atom. The molecule has 0 spiro atoms. The molecule has 6 heteroatoms. The van der Waals surface area contributed by atoms with Gasteiger partial charge in [-0.1, -0.05) is 29.1 Å². The average molecular weight is 278 g/mol. The van der Waals surface area contributed by atoms with Gasteiger partial charge in [0.2, 0.25) is 0 Å². The van der Waals surface area contributed by atoms with E-state index in [4.69, 9.17) is 10.6 Å². The van der Waals surface area contributed by atoms with E-state index in [0.717, 1.165) is 33.9 Å². The lowest BCUT2D eigenvalue weighted by molar-refractivity contribution is 0.404. The maximum atomic E-state index is 5.74. The Morgan fingerprint density at radius 3 is 2.89 bits per heavy atom. The summed E-state index contributed by atoms with van der Waals surface area (Å²) in [7, 11) is 1.66. The van der Waals surface area contributed by atoms with Crippen molar-refractivity contribution in [1.29, 1.82) is 0 Å². The number of hydrazine groups is 1. The monoisotopic (exact) mass is 278 g/mol. The minimum Gasteiger partial charge on any atom is -0.496 e. The number of hydrogen-bond donors (Lipinski definition) is 2. The average Bonchev–Trinajstić information content (AvgIpc) is 2.88. The Labute approximate surface area is 116 Å². The van der Waals surface area contributed by atoms with Crippen LogP contribution < -0.4 is 16.0 Å². The van der Waals surface area contributed by atoms with Gasteiger partial charge >= 0.3 is 0 Å². The Hall–Kier alpha value is -1.50. The van der Waals surface area contributed by atoms with Crippen LogP contribution >= 0.6 is 11.5 Å². The molecule has 0 fully saturated rings. The fraction of sp³-hybridized carbons (Fsp3) is 0.385. The maximum absolute atomic E-state index is 5.74. The second-order valence-corrected chi connectivity index (χ2v) is 5.07. The molecular formula is C13H18N4OS. The first-order chi connectivity index (χ1) is 9.21. The van der Waals surface area contributed by atoms with Crippen molar-refractivity contribution in [3.05, 3.63) is 39.9 Å². The standard InChI is InChI=1S/C13H18N4OS/c1-4-10-13(19-17-16-10)12(15-14)9-7-8(2)5-6-11(9)18-3/h5-7,12,15H,4,14H2,1-3H3. The maximum Gasteiger partial charge on any atom is 0.124 e. The SMILES string of the molecule is CCc1nnsc1C(NN)c1cc(C)ccc1OC. The number of ether oxygens (including phenoxy) is 1. The molecule has 0 aliphatic carbocycles. The van der Waals surface area contributed by atoms with Crippen LogP contribution in [0.1, 0.15) is 34.7 Å². The number of nitrogens with two attached hydrogens (primary N) is 1. The third-order valence-electron chi connectivity index (χ3n) is 3.05. The van der Waals surface area contributed by atoms with E-state index in [-0.39, 0.29) is 6.04 Å². The van der Waals surface area contributed by atoms with Crippen LogP contribution in [-0.2, 0) is 6.42 Å². The van der Waals surface area contributed by atoms with Gasteiger partial charge in [0.25, 0.3) is 0 Å². The molecule has 0 saturated carbocycles. The Kier molecular flexibility index (Phi) is 4.47. The Bertz CT molecular complexity index is 555. The van der Waals surface area contributed by atoms with Crippen LogP contribution in [0, 0.1) is 6.92 Å². The highest BCUT2D eigenvalue weighted by Crippen LogP contribution is 2.33. The summed E-state index contributed by atoms with van der Waals surface area (Å²) < 4.78 is 9.44. The lowest BCUT2D eigenvalue weighted by Crippen LogP contribution is -2.29.